The highest BCUT2D eigenvalue weighted by atomic mass is 32.2. The fourth-order valence-corrected chi connectivity index (χ4v) is 5.46. The van der Waals surface area contributed by atoms with Crippen molar-refractivity contribution in [2.45, 2.75) is 71.0 Å². The molecule has 0 bridgehead atoms. The van der Waals surface area contributed by atoms with Gasteiger partial charge in [-0.1, -0.05) is 74.7 Å². The van der Waals surface area contributed by atoms with Crippen LogP contribution >= 0.6 is 0 Å². The third-order valence-corrected chi connectivity index (χ3v) is 7.76. The van der Waals surface area contributed by atoms with E-state index in [1.807, 2.05) is 49.4 Å². The highest BCUT2D eigenvalue weighted by Gasteiger charge is 2.31. The van der Waals surface area contributed by atoms with Crippen molar-refractivity contribution in [3.05, 3.63) is 65.7 Å². The van der Waals surface area contributed by atoms with Crippen LogP contribution in [0, 0.1) is 0 Å². The smallest absolute Gasteiger partial charge is 0.244 e. The second-order valence-electron chi connectivity index (χ2n) is 9.28. The Morgan fingerprint density at radius 2 is 1.63 bits per heavy atom. The summed E-state index contributed by atoms with van der Waals surface area (Å²) in [6.07, 6.45) is 6.98. The van der Waals surface area contributed by atoms with E-state index in [2.05, 4.69) is 5.32 Å². The molecule has 2 aromatic carbocycles. The first-order valence-electron chi connectivity index (χ1n) is 12.4. The predicted octanol–water partition coefficient (Wildman–Crippen LogP) is 3.88. The molecule has 35 heavy (non-hydrogen) atoms. The zero-order valence-corrected chi connectivity index (χ0v) is 21.8. The molecule has 0 aromatic heterocycles. The Hall–Kier alpha value is -2.87. The highest BCUT2D eigenvalue weighted by molar-refractivity contribution is 7.92. The summed E-state index contributed by atoms with van der Waals surface area (Å²) in [4.78, 5) is 28.3. The average molecular weight is 500 g/mol. The number of benzene rings is 2. The van der Waals surface area contributed by atoms with Gasteiger partial charge in [-0.2, -0.15) is 0 Å². The fraction of sp³-hybridized carbons (Fsp3) is 0.481. The topological polar surface area (TPSA) is 86.8 Å². The molecule has 1 aliphatic carbocycles. The minimum atomic E-state index is -3.74. The van der Waals surface area contributed by atoms with E-state index in [9.17, 15) is 18.0 Å². The number of hydrogen-bond donors (Lipinski definition) is 1. The van der Waals surface area contributed by atoms with E-state index in [1.54, 1.807) is 19.1 Å². The van der Waals surface area contributed by atoms with Crippen LogP contribution in [0.15, 0.2) is 54.6 Å². The molecule has 0 saturated heterocycles. The van der Waals surface area contributed by atoms with Gasteiger partial charge in [0.2, 0.25) is 21.8 Å². The Labute approximate surface area is 209 Å². The van der Waals surface area contributed by atoms with Crippen LogP contribution in [0.4, 0.5) is 5.69 Å². The van der Waals surface area contributed by atoms with E-state index in [-0.39, 0.29) is 25.0 Å². The van der Waals surface area contributed by atoms with Gasteiger partial charge in [0.05, 0.1) is 11.9 Å². The highest BCUT2D eigenvalue weighted by Crippen LogP contribution is 2.24. The first kappa shape index (κ1) is 26.7. The molecular weight excluding hydrogens is 462 g/mol. The minimum absolute atomic E-state index is 0.122. The summed E-state index contributed by atoms with van der Waals surface area (Å²) in [6, 6.07) is 16.0. The average Bonchev–Trinajstić information content (AvgIpc) is 2.85. The zero-order valence-electron chi connectivity index (χ0n) is 20.9. The third-order valence-electron chi connectivity index (χ3n) is 6.64. The third kappa shape index (κ3) is 7.31. The van der Waals surface area contributed by atoms with Crippen LogP contribution in [-0.4, -0.2) is 50.0 Å². The number of hydrogen-bond acceptors (Lipinski definition) is 4. The number of aryl methyl sites for hydroxylation is 1. The number of amides is 2. The maximum Gasteiger partial charge on any atom is 0.244 e. The molecule has 3 rings (SSSR count). The van der Waals surface area contributed by atoms with Crippen LogP contribution in [0.5, 0.6) is 0 Å². The van der Waals surface area contributed by atoms with Crippen LogP contribution in [0.2, 0.25) is 0 Å². The normalized spacial score (nSPS) is 15.3. The number of anilines is 1. The van der Waals surface area contributed by atoms with Gasteiger partial charge in [0.15, 0.2) is 0 Å². The molecule has 190 valence electrons. The van der Waals surface area contributed by atoms with E-state index >= 15 is 0 Å². The Balaban J connectivity index is 1.87. The van der Waals surface area contributed by atoms with Crippen LogP contribution in [-0.2, 0) is 32.6 Å². The molecule has 0 unspecified atom stereocenters. The summed E-state index contributed by atoms with van der Waals surface area (Å²) < 4.78 is 26.7. The van der Waals surface area contributed by atoms with E-state index in [0.29, 0.717) is 12.1 Å². The molecule has 8 heteroatoms. The van der Waals surface area contributed by atoms with Crippen LogP contribution in [0.1, 0.15) is 57.1 Å². The quantitative estimate of drug-likeness (QED) is 0.538. The molecule has 1 saturated carbocycles. The maximum absolute atomic E-state index is 13.7. The zero-order chi connectivity index (χ0) is 25.4. The molecule has 0 aliphatic heterocycles. The predicted molar refractivity (Wildman–Crippen MR) is 139 cm³/mol. The van der Waals surface area contributed by atoms with Gasteiger partial charge in [0, 0.05) is 12.6 Å². The first-order chi connectivity index (χ1) is 16.7. The van der Waals surface area contributed by atoms with Gasteiger partial charge in [0.1, 0.15) is 12.6 Å². The number of sulfonamides is 1. The summed E-state index contributed by atoms with van der Waals surface area (Å²) in [6.45, 7) is 3.50. The van der Waals surface area contributed by atoms with E-state index in [0.717, 1.165) is 47.4 Å². The number of nitrogens with one attached hydrogen (secondary N) is 1. The van der Waals surface area contributed by atoms with E-state index in [1.165, 1.54) is 11.3 Å². The number of para-hydroxylation sites is 1. The monoisotopic (exact) mass is 499 g/mol. The second kappa shape index (κ2) is 12.2. The molecule has 1 N–H and O–H groups in total. The minimum Gasteiger partial charge on any atom is -0.352 e. The summed E-state index contributed by atoms with van der Waals surface area (Å²) in [5.41, 5.74) is 2.20. The Morgan fingerprint density at radius 1 is 1.00 bits per heavy atom. The maximum atomic E-state index is 13.7. The van der Waals surface area contributed by atoms with Crippen molar-refractivity contribution in [2.75, 3.05) is 17.1 Å². The lowest BCUT2D eigenvalue weighted by Crippen LogP contribution is -2.53. The second-order valence-corrected chi connectivity index (χ2v) is 11.2. The van der Waals surface area contributed by atoms with Crippen LogP contribution in [0.25, 0.3) is 0 Å². The molecular formula is C27H37N3O4S. The molecule has 0 spiro atoms. The lowest BCUT2D eigenvalue weighted by Gasteiger charge is -2.33. The van der Waals surface area contributed by atoms with Crippen molar-refractivity contribution in [3.8, 4) is 0 Å². The van der Waals surface area contributed by atoms with Crippen molar-refractivity contribution in [1.82, 2.24) is 10.2 Å². The molecule has 1 aliphatic rings. The lowest BCUT2D eigenvalue weighted by atomic mass is 9.95. The molecule has 7 nitrogen and oxygen atoms in total. The molecule has 0 radical (unpaired) electrons. The molecule has 1 atom stereocenters. The van der Waals surface area contributed by atoms with E-state index < -0.39 is 22.0 Å². The molecule has 0 heterocycles. The lowest BCUT2D eigenvalue weighted by molar-refractivity contribution is -0.139. The number of nitrogens with zero attached hydrogens (tertiary/aromatic N) is 2. The Kier molecular flexibility index (Phi) is 9.32. The van der Waals surface area contributed by atoms with Crippen molar-refractivity contribution < 1.29 is 18.0 Å². The van der Waals surface area contributed by atoms with Gasteiger partial charge in [-0.25, -0.2) is 8.42 Å². The summed E-state index contributed by atoms with van der Waals surface area (Å²) >= 11 is 0. The van der Waals surface area contributed by atoms with Gasteiger partial charge >= 0.3 is 0 Å². The summed E-state index contributed by atoms with van der Waals surface area (Å²) in [7, 11) is -3.74. The van der Waals surface area contributed by atoms with Gasteiger partial charge < -0.3 is 10.2 Å². The summed E-state index contributed by atoms with van der Waals surface area (Å²) in [5.74, 6) is -0.627. The SMILES string of the molecule is CCc1ccccc1N(CC(=O)N(Cc1ccccc1)[C@@H](C)C(=O)NC1CCCCC1)S(C)(=O)=O. The molecule has 2 amide bonds. The van der Waals surface area contributed by atoms with Crippen molar-refractivity contribution in [2.24, 2.45) is 0 Å². The molecule has 1 fully saturated rings. The standard InChI is InChI=1S/C27H37N3O4S/c1-4-23-15-11-12-18-25(23)30(35(3,33)34)20-26(31)29(19-22-13-7-5-8-14-22)21(2)27(32)28-24-16-9-6-10-17-24/h5,7-8,11-15,18,21,24H,4,6,9-10,16-17,19-20H2,1-3H3,(H,28,32)/t21-/m0/s1. The van der Waals surface area contributed by atoms with Gasteiger partial charge in [0.25, 0.3) is 0 Å². The van der Waals surface area contributed by atoms with Crippen molar-refractivity contribution in [3.63, 3.8) is 0 Å². The van der Waals surface area contributed by atoms with Crippen LogP contribution in [0.3, 0.4) is 0 Å². The van der Waals surface area contributed by atoms with Crippen molar-refractivity contribution >= 4 is 27.5 Å². The fourth-order valence-electron chi connectivity index (χ4n) is 4.58. The largest absolute Gasteiger partial charge is 0.352 e. The molecule has 2 aromatic rings. The van der Waals surface area contributed by atoms with E-state index in [4.69, 9.17) is 0 Å². The Bertz CT molecular complexity index is 1100. The first-order valence-corrected chi connectivity index (χ1v) is 14.2. The Morgan fingerprint density at radius 3 is 2.26 bits per heavy atom. The van der Waals surface area contributed by atoms with Crippen LogP contribution < -0.4 is 9.62 Å². The number of carbonyl (C=O) groups excluding carboxylic acids is 2. The van der Waals surface area contributed by atoms with Gasteiger partial charge in [-0.3, -0.25) is 13.9 Å². The van der Waals surface area contributed by atoms with Gasteiger partial charge in [-0.05, 0) is 43.4 Å². The van der Waals surface area contributed by atoms with Crippen molar-refractivity contribution in [1.29, 1.82) is 0 Å². The number of rotatable bonds is 10. The summed E-state index contributed by atoms with van der Waals surface area (Å²) in [5, 5.41) is 3.11. The number of carbonyl (C=O) groups is 2. The van der Waals surface area contributed by atoms with Gasteiger partial charge in [-0.15, -0.1) is 0 Å².